The molecule has 0 bridgehead atoms. The van der Waals surface area contributed by atoms with E-state index in [1.807, 2.05) is 0 Å². The summed E-state index contributed by atoms with van der Waals surface area (Å²) in [5.41, 5.74) is -1.28. The van der Waals surface area contributed by atoms with Gasteiger partial charge in [-0.25, -0.2) is 14.8 Å². The van der Waals surface area contributed by atoms with Crippen molar-refractivity contribution in [2.24, 2.45) is 0 Å². The molecule has 0 fully saturated rings. The van der Waals surface area contributed by atoms with E-state index < -0.39 is 23.3 Å². The van der Waals surface area contributed by atoms with Crippen molar-refractivity contribution in [2.45, 2.75) is 23.2 Å². The van der Waals surface area contributed by atoms with E-state index in [4.69, 9.17) is 5.11 Å². The van der Waals surface area contributed by atoms with Crippen molar-refractivity contribution in [1.82, 2.24) is 9.97 Å². The van der Waals surface area contributed by atoms with Crippen LogP contribution in [0.4, 0.5) is 13.2 Å². The number of carboxylic acid groups (broad SMARTS) is 1. The minimum Gasteiger partial charge on any atom is -0.478 e. The summed E-state index contributed by atoms with van der Waals surface area (Å²) in [5.74, 6) is -1.62. The molecule has 0 aliphatic carbocycles. The van der Waals surface area contributed by atoms with Crippen LogP contribution in [0.3, 0.4) is 0 Å². The smallest absolute Gasteiger partial charge is 0.417 e. The predicted molar refractivity (Wildman–Crippen MR) is 69.3 cm³/mol. The molecule has 0 radical (unpaired) electrons. The first-order chi connectivity index (χ1) is 9.77. The number of halogens is 3. The molecular formula is C13H9F3N2O2S. The van der Waals surface area contributed by atoms with Gasteiger partial charge in [-0.2, -0.15) is 13.2 Å². The van der Waals surface area contributed by atoms with Crippen LogP contribution in [0.25, 0.3) is 0 Å². The molecule has 0 spiro atoms. The number of alkyl halides is 3. The van der Waals surface area contributed by atoms with Crippen LogP contribution in [0.2, 0.25) is 0 Å². The maximum atomic E-state index is 12.9. The van der Waals surface area contributed by atoms with E-state index in [0.29, 0.717) is 10.9 Å². The van der Waals surface area contributed by atoms with Gasteiger partial charge in [0.05, 0.1) is 11.1 Å². The molecule has 110 valence electrons. The van der Waals surface area contributed by atoms with Crippen LogP contribution in [0.1, 0.15) is 21.6 Å². The third-order valence-electron chi connectivity index (χ3n) is 2.51. The Kier molecular flexibility index (Phi) is 4.17. The number of aromatic carboxylic acids is 1. The Morgan fingerprint density at radius 3 is 2.57 bits per heavy atom. The molecule has 4 nitrogen and oxygen atoms in total. The van der Waals surface area contributed by atoms with Gasteiger partial charge in [0, 0.05) is 16.8 Å². The normalized spacial score (nSPS) is 11.4. The third kappa shape index (κ3) is 3.72. The Morgan fingerprint density at radius 2 is 2.00 bits per heavy atom. The predicted octanol–water partition coefficient (Wildman–Crippen LogP) is 3.65. The number of hydrogen-bond acceptors (Lipinski definition) is 4. The Morgan fingerprint density at radius 1 is 1.29 bits per heavy atom. The number of carbonyl (C=O) groups is 1. The quantitative estimate of drug-likeness (QED) is 0.876. The lowest BCUT2D eigenvalue weighted by molar-refractivity contribution is -0.138. The highest BCUT2D eigenvalue weighted by molar-refractivity contribution is 7.99. The van der Waals surface area contributed by atoms with Gasteiger partial charge in [0.15, 0.2) is 5.16 Å². The summed E-state index contributed by atoms with van der Waals surface area (Å²) in [6.07, 6.45) is -3.24. The highest BCUT2D eigenvalue weighted by Gasteiger charge is 2.35. The van der Waals surface area contributed by atoms with Crippen molar-refractivity contribution >= 4 is 17.7 Å². The van der Waals surface area contributed by atoms with Gasteiger partial charge in [-0.05, 0) is 43.0 Å². The molecule has 21 heavy (non-hydrogen) atoms. The lowest BCUT2D eigenvalue weighted by atomic mass is 10.1. The summed E-state index contributed by atoms with van der Waals surface area (Å²) in [5, 5.41) is 9.11. The van der Waals surface area contributed by atoms with Gasteiger partial charge >= 0.3 is 12.1 Å². The average Bonchev–Trinajstić information content (AvgIpc) is 2.37. The highest BCUT2D eigenvalue weighted by Crippen LogP contribution is 2.36. The van der Waals surface area contributed by atoms with E-state index >= 15 is 0 Å². The second-order valence-electron chi connectivity index (χ2n) is 4.09. The SMILES string of the molecule is Cc1ccnc(Sc2ccc(C(=O)O)c(C(F)(F)F)c2)n1. The van der Waals surface area contributed by atoms with Crippen molar-refractivity contribution in [1.29, 1.82) is 0 Å². The fourth-order valence-electron chi connectivity index (χ4n) is 1.59. The van der Waals surface area contributed by atoms with E-state index in [9.17, 15) is 18.0 Å². The Hall–Kier alpha value is -2.09. The lowest BCUT2D eigenvalue weighted by Crippen LogP contribution is -2.12. The first kappa shape index (κ1) is 15.3. The fraction of sp³-hybridized carbons (Fsp3) is 0.154. The molecule has 2 rings (SSSR count). The summed E-state index contributed by atoms with van der Waals surface area (Å²) >= 11 is 0.937. The molecule has 0 aliphatic rings. The minimum atomic E-state index is -4.74. The number of carboxylic acids is 1. The van der Waals surface area contributed by atoms with Crippen LogP contribution in [0, 0.1) is 6.92 Å². The van der Waals surface area contributed by atoms with Crippen LogP contribution in [-0.2, 0) is 6.18 Å². The lowest BCUT2D eigenvalue weighted by Gasteiger charge is -2.11. The molecule has 0 unspecified atom stereocenters. The Bertz CT molecular complexity index is 689. The molecule has 1 heterocycles. The van der Waals surface area contributed by atoms with Crippen LogP contribution in [0.15, 0.2) is 40.5 Å². The number of nitrogens with zero attached hydrogens (tertiary/aromatic N) is 2. The van der Waals surface area contributed by atoms with Gasteiger partial charge in [0.1, 0.15) is 0 Å². The van der Waals surface area contributed by atoms with Crippen LogP contribution in [-0.4, -0.2) is 21.0 Å². The van der Waals surface area contributed by atoms with E-state index in [0.717, 1.165) is 23.9 Å². The molecular weight excluding hydrogens is 305 g/mol. The molecule has 0 saturated carbocycles. The molecule has 2 aromatic rings. The molecule has 0 atom stereocenters. The summed E-state index contributed by atoms with van der Waals surface area (Å²) in [6.45, 7) is 1.74. The number of rotatable bonds is 3. The largest absolute Gasteiger partial charge is 0.478 e. The molecule has 0 aliphatic heterocycles. The van der Waals surface area contributed by atoms with Gasteiger partial charge in [0.2, 0.25) is 0 Å². The maximum absolute atomic E-state index is 12.9. The standard InChI is InChI=1S/C13H9F3N2O2S/c1-7-4-5-17-12(18-7)21-8-2-3-9(11(19)20)10(6-8)13(14,15)16/h2-6H,1H3,(H,19,20). The second-order valence-corrected chi connectivity index (χ2v) is 5.13. The van der Waals surface area contributed by atoms with Gasteiger partial charge in [-0.3, -0.25) is 0 Å². The minimum absolute atomic E-state index is 0.220. The van der Waals surface area contributed by atoms with Crippen LogP contribution in [0.5, 0.6) is 0 Å². The van der Waals surface area contributed by atoms with Crippen molar-refractivity contribution in [3.05, 3.63) is 47.3 Å². The number of hydrogen-bond donors (Lipinski definition) is 1. The second kappa shape index (κ2) is 5.72. The van der Waals surface area contributed by atoms with Crippen LogP contribution >= 0.6 is 11.8 Å². The fourth-order valence-corrected chi connectivity index (χ4v) is 2.42. The average molecular weight is 314 g/mol. The van der Waals surface area contributed by atoms with Gasteiger partial charge in [-0.1, -0.05) is 0 Å². The molecule has 8 heteroatoms. The zero-order chi connectivity index (χ0) is 15.6. The van der Waals surface area contributed by atoms with Gasteiger partial charge in [0.25, 0.3) is 0 Å². The summed E-state index contributed by atoms with van der Waals surface area (Å²) < 4.78 is 38.7. The third-order valence-corrected chi connectivity index (χ3v) is 3.38. The van der Waals surface area contributed by atoms with Crippen LogP contribution < -0.4 is 0 Å². The van der Waals surface area contributed by atoms with E-state index in [2.05, 4.69) is 9.97 Å². The summed E-state index contributed by atoms with van der Waals surface area (Å²) in [6, 6.07) is 4.69. The maximum Gasteiger partial charge on any atom is 0.417 e. The topological polar surface area (TPSA) is 63.1 Å². The first-order valence-corrected chi connectivity index (χ1v) is 6.51. The Labute approximate surface area is 122 Å². The van der Waals surface area contributed by atoms with Crippen molar-refractivity contribution in [3.63, 3.8) is 0 Å². The first-order valence-electron chi connectivity index (χ1n) is 5.69. The Balaban J connectivity index is 2.40. The number of aromatic nitrogens is 2. The van der Waals surface area contributed by atoms with Crippen molar-refractivity contribution in [2.75, 3.05) is 0 Å². The van der Waals surface area contributed by atoms with Crippen molar-refractivity contribution < 1.29 is 23.1 Å². The highest BCUT2D eigenvalue weighted by atomic mass is 32.2. The number of benzene rings is 1. The van der Waals surface area contributed by atoms with Crippen molar-refractivity contribution in [3.8, 4) is 0 Å². The monoisotopic (exact) mass is 314 g/mol. The molecule has 1 aromatic carbocycles. The van der Waals surface area contributed by atoms with E-state index in [-0.39, 0.29) is 4.90 Å². The van der Waals surface area contributed by atoms with Gasteiger partial charge in [-0.15, -0.1) is 0 Å². The number of aryl methyl sites for hydroxylation is 1. The van der Waals surface area contributed by atoms with E-state index in [1.54, 1.807) is 13.0 Å². The molecule has 0 saturated heterocycles. The summed E-state index contributed by atoms with van der Waals surface area (Å²) in [7, 11) is 0. The van der Waals surface area contributed by atoms with E-state index in [1.165, 1.54) is 12.3 Å². The molecule has 1 N–H and O–H groups in total. The zero-order valence-corrected chi connectivity index (χ0v) is 11.5. The zero-order valence-electron chi connectivity index (χ0n) is 10.7. The molecule has 0 amide bonds. The van der Waals surface area contributed by atoms with Gasteiger partial charge < -0.3 is 5.11 Å². The summed E-state index contributed by atoms with van der Waals surface area (Å²) in [4.78, 5) is 19.1. The molecule has 1 aromatic heterocycles.